The van der Waals surface area contributed by atoms with Crippen LogP contribution in [0.25, 0.3) is 0 Å². The molecule has 0 radical (unpaired) electrons. The van der Waals surface area contributed by atoms with Crippen LogP contribution in [0, 0.1) is 5.41 Å². The third-order valence-corrected chi connectivity index (χ3v) is 11.5. The number of unbranched alkanes of at least 4 members (excludes halogenated alkanes) is 26. The van der Waals surface area contributed by atoms with E-state index in [1.807, 2.05) is 6.92 Å². The molecule has 0 saturated heterocycles. The van der Waals surface area contributed by atoms with Gasteiger partial charge < -0.3 is 14.4 Å². The van der Waals surface area contributed by atoms with Gasteiger partial charge in [0, 0.05) is 18.6 Å². The van der Waals surface area contributed by atoms with Gasteiger partial charge >= 0.3 is 7.82 Å². The summed E-state index contributed by atoms with van der Waals surface area (Å²) < 4.78 is 35.4. The molecule has 0 aromatic heterocycles. The van der Waals surface area contributed by atoms with E-state index < -0.39 is 13.2 Å². The lowest BCUT2D eigenvalue weighted by atomic mass is 9.94. The zero-order valence-corrected chi connectivity index (χ0v) is 35.3. The highest BCUT2D eigenvalue weighted by Gasteiger charge is 2.31. The third kappa shape index (κ3) is 37.9. The monoisotopic (exact) mass is 738 g/mol. The van der Waals surface area contributed by atoms with Crippen LogP contribution in [0.15, 0.2) is 0 Å². The van der Waals surface area contributed by atoms with E-state index >= 15 is 0 Å². The Morgan fingerprint density at radius 2 is 0.776 bits per heavy atom. The van der Waals surface area contributed by atoms with Gasteiger partial charge in [-0.2, -0.15) is 0 Å². The van der Waals surface area contributed by atoms with Crippen molar-refractivity contribution in [2.24, 2.45) is 5.41 Å². The zero-order valence-electron chi connectivity index (χ0n) is 33.6. The Hall–Kier alpha value is 0.380. The molecule has 0 aliphatic rings. The second-order valence-electron chi connectivity index (χ2n) is 15.4. The Labute approximate surface area is 309 Å². The minimum atomic E-state index is -4.10. The lowest BCUT2D eigenvalue weighted by Gasteiger charge is -2.29. The number of phosphoric acid groups is 1. The minimum absolute atomic E-state index is 0.0716. The fourth-order valence-corrected chi connectivity index (χ4v) is 7.56. The molecule has 296 valence electrons. The van der Waals surface area contributed by atoms with Gasteiger partial charge in [-0.15, -0.1) is 0 Å². The summed E-state index contributed by atoms with van der Waals surface area (Å²) in [4.78, 5) is 10.2. The smallest absolute Gasteiger partial charge is 0.381 e. The lowest BCUT2D eigenvalue weighted by Crippen LogP contribution is -2.34. The molecule has 6 nitrogen and oxygen atoms in total. The number of phosphoric ester groups is 1. The summed E-state index contributed by atoms with van der Waals surface area (Å²) in [5.41, 5.74) is -0.506. The normalized spacial score (nSPS) is 13.4. The first kappa shape index (κ1) is 49.4. The van der Waals surface area contributed by atoms with E-state index in [1.54, 1.807) is 0 Å². The van der Waals surface area contributed by atoms with E-state index in [0.29, 0.717) is 26.4 Å². The van der Waals surface area contributed by atoms with E-state index in [9.17, 15) is 9.46 Å². The van der Waals surface area contributed by atoms with Crippen molar-refractivity contribution in [1.29, 1.82) is 0 Å². The number of ether oxygens (including phenoxy) is 2. The van der Waals surface area contributed by atoms with Crippen molar-refractivity contribution in [3.8, 4) is 0 Å². The molecular weight excluding hydrogens is 651 g/mol. The first-order valence-corrected chi connectivity index (χ1v) is 24.8. The van der Waals surface area contributed by atoms with E-state index in [2.05, 4.69) is 26.4 Å². The van der Waals surface area contributed by atoms with Gasteiger partial charge in [-0.3, -0.25) is 9.05 Å². The summed E-state index contributed by atoms with van der Waals surface area (Å²) in [6.07, 6.45) is 41.7. The number of hydrogen-bond acceptors (Lipinski definition) is 5. The van der Waals surface area contributed by atoms with Gasteiger partial charge in [-0.1, -0.05) is 188 Å². The van der Waals surface area contributed by atoms with Crippen LogP contribution in [0.4, 0.5) is 0 Å². The average molecular weight is 738 g/mol. The molecule has 0 bridgehead atoms. The molecule has 0 heterocycles. The molecule has 0 aromatic carbocycles. The molecule has 0 spiro atoms. The Morgan fingerprint density at radius 1 is 0.469 bits per heavy atom. The van der Waals surface area contributed by atoms with Crippen LogP contribution in [0.1, 0.15) is 201 Å². The first-order valence-electron chi connectivity index (χ1n) is 21.1. The van der Waals surface area contributed by atoms with E-state index in [-0.39, 0.29) is 24.1 Å². The van der Waals surface area contributed by atoms with E-state index in [4.69, 9.17) is 18.5 Å². The third-order valence-electron chi connectivity index (χ3n) is 9.51. The topological polar surface area (TPSA) is 74.2 Å². The molecule has 1 atom stereocenters. The van der Waals surface area contributed by atoms with Crippen LogP contribution < -0.4 is 0 Å². The van der Waals surface area contributed by atoms with Gasteiger partial charge in [0.1, 0.15) is 12.4 Å². The Kier molecular flexibility index (Phi) is 37.0. The predicted molar refractivity (Wildman–Crippen MR) is 216 cm³/mol. The Bertz CT molecular complexity index is 673. The molecule has 0 aliphatic heterocycles. The van der Waals surface area contributed by atoms with Crippen molar-refractivity contribution in [2.75, 3.05) is 57.9 Å². The molecular formula is C41H86O6PS+. The zero-order chi connectivity index (χ0) is 36.2. The Balaban J connectivity index is 4.15. The first-order chi connectivity index (χ1) is 23.7. The van der Waals surface area contributed by atoms with Gasteiger partial charge in [0.05, 0.1) is 32.3 Å². The molecule has 0 aromatic rings. The van der Waals surface area contributed by atoms with Gasteiger partial charge in [0.25, 0.3) is 0 Å². The van der Waals surface area contributed by atoms with Crippen LogP contribution in [-0.2, 0) is 34.0 Å². The fraction of sp³-hybridized carbons (Fsp3) is 1.00. The van der Waals surface area contributed by atoms with E-state index in [0.717, 1.165) is 18.6 Å². The van der Waals surface area contributed by atoms with Crippen LogP contribution in [-0.4, -0.2) is 62.8 Å². The highest BCUT2D eigenvalue weighted by Crippen LogP contribution is 2.44. The maximum Gasteiger partial charge on any atom is 0.472 e. The average Bonchev–Trinajstić information content (AvgIpc) is 3.07. The second kappa shape index (κ2) is 36.7. The van der Waals surface area contributed by atoms with Gasteiger partial charge in [0.15, 0.2) is 0 Å². The van der Waals surface area contributed by atoms with E-state index in [1.165, 1.54) is 167 Å². The van der Waals surface area contributed by atoms with Crippen LogP contribution in [0.2, 0.25) is 0 Å². The van der Waals surface area contributed by atoms with Gasteiger partial charge in [0.2, 0.25) is 0 Å². The fourth-order valence-electron chi connectivity index (χ4n) is 6.15. The largest absolute Gasteiger partial charge is 0.472 e. The SMILES string of the molecule is CCCCCCCCCCCCCCCCOCC(C)(COCCCCCCCCCCCCCCCC)COP(=O)(O)OCC[S+](C)C. The van der Waals surface area contributed by atoms with Gasteiger partial charge in [-0.25, -0.2) is 4.57 Å². The van der Waals surface area contributed by atoms with Crippen molar-refractivity contribution in [3.63, 3.8) is 0 Å². The number of rotatable bonds is 41. The molecule has 0 amide bonds. The standard InChI is InChI=1S/C41H85O6PS/c1-6-8-10-12-14-16-18-20-22-24-26-28-30-32-34-44-38-41(3,40-47-48(42,43)46-36-37-49(4)5)39-45-35-33-31-29-27-25-23-21-19-17-15-13-11-9-7-2/h6-40H2,1-5H3/p+1. The summed E-state index contributed by atoms with van der Waals surface area (Å²) in [6.45, 7) is 9.18. The Morgan fingerprint density at radius 3 is 1.08 bits per heavy atom. The summed E-state index contributed by atoms with van der Waals surface area (Å²) >= 11 is 0. The summed E-state index contributed by atoms with van der Waals surface area (Å²) in [5, 5.41) is 0. The van der Waals surface area contributed by atoms with Crippen molar-refractivity contribution in [1.82, 2.24) is 0 Å². The highest BCUT2D eigenvalue weighted by molar-refractivity contribution is 7.95. The summed E-state index contributed by atoms with van der Waals surface area (Å²) in [6, 6.07) is 0. The van der Waals surface area contributed by atoms with Crippen LogP contribution >= 0.6 is 7.82 Å². The molecule has 1 unspecified atom stereocenters. The second-order valence-corrected chi connectivity index (χ2v) is 19.2. The van der Waals surface area contributed by atoms with Crippen molar-refractivity contribution >= 4 is 18.7 Å². The molecule has 0 aliphatic carbocycles. The lowest BCUT2D eigenvalue weighted by molar-refractivity contribution is -0.0422. The molecule has 0 fully saturated rings. The number of hydrogen-bond donors (Lipinski definition) is 1. The maximum atomic E-state index is 12.5. The summed E-state index contributed by atoms with van der Waals surface area (Å²) in [5.74, 6) is 0.746. The van der Waals surface area contributed by atoms with Crippen molar-refractivity contribution in [3.05, 3.63) is 0 Å². The van der Waals surface area contributed by atoms with Gasteiger partial charge in [-0.05, 0) is 23.7 Å². The summed E-state index contributed by atoms with van der Waals surface area (Å²) in [7, 11) is -3.95. The molecule has 1 N–H and O–H groups in total. The van der Waals surface area contributed by atoms with Crippen LogP contribution in [0.3, 0.4) is 0 Å². The van der Waals surface area contributed by atoms with Crippen molar-refractivity contribution in [2.45, 2.75) is 201 Å². The molecule has 0 saturated carbocycles. The molecule has 8 heteroatoms. The van der Waals surface area contributed by atoms with Crippen molar-refractivity contribution < 1.29 is 28.0 Å². The highest BCUT2D eigenvalue weighted by atomic mass is 32.2. The molecule has 49 heavy (non-hydrogen) atoms. The van der Waals surface area contributed by atoms with Crippen LogP contribution in [0.5, 0.6) is 0 Å². The quantitative estimate of drug-likeness (QED) is 0.0382. The maximum absolute atomic E-state index is 12.5. The minimum Gasteiger partial charge on any atom is -0.381 e. The predicted octanol–water partition coefficient (Wildman–Crippen LogP) is 13.0. The molecule has 0 rings (SSSR count).